The molecule has 0 unspecified atom stereocenters. The van der Waals surface area contributed by atoms with Crippen LogP contribution in [0.25, 0.3) is 10.9 Å². The Kier molecular flexibility index (Phi) is 7.49. The second-order valence-electron chi connectivity index (χ2n) is 7.58. The highest BCUT2D eigenvalue weighted by atomic mass is 16.5. The van der Waals surface area contributed by atoms with Crippen LogP contribution in [0.2, 0.25) is 0 Å². The lowest BCUT2D eigenvalue weighted by Gasteiger charge is -2.33. The molecule has 3 aromatic rings. The first-order valence-corrected chi connectivity index (χ1v) is 10.4. The summed E-state index contributed by atoms with van der Waals surface area (Å²) in [6.07, 6.45) is 5.15. The SMILES string of the molecule is CCOCCn1cc(C(=O)O)ccc1=O.Cc1ncnc2c(C3CC(N)C3)cccc12. The normalized spacial score (nSPS) is 17.5. The van der Waals surface area contributed by atoms with Crippen LogP contribution < -0.4 is 11.3 Å². The second kappa shape index (κ2) is 10.3. The van der Waals surface area contributed by atoms with Crippen LogP contribution >= 0.6 is 0 Å². The predicted octanol–water partition coefficient (Wildman–Crippen LogP) is 2.73. The van der Waals surface area contributed by atoms with Crippen molar-refractivity contribution in [1.82, 2.24) is 14.5 Å². The molecule has 2 aromatic heterocycles. The van der Waals surface area contributed by atoms with E-state index in [1.165, 1.54) is 33.8 Å². The topological polar surface area (TPSA) is 120 Å². The number of para-hydroxylation sites is 1. The summed E-state index contributed by atoms with van der Waals surface area (Å²) in [6, 6.07) is 9.27. The molecule has 0 atom stereocenters. The summed E-state index contributed by atoms with van der Waals surface area (Å²) in [4.78, 5) is 30.6. The molecule has 1 saturated carbocycles. The van der Waals surface area contributed by atoms with Crippen LogP contribution in [0, 0.1) is 6.92 Å². The Hall–Kier alpha value is -3.10. The molecule has 31 heavy (non-hydrogen) atoms. The van der Waals surface area contributed by atoms with Gasteiger partial charge in [0.05, 0.1) is 17.7 Å². The molecule has 164 valence electrons. The first kappa shape index (κ1) is 22.6. The molecule has 1 aromatic carbocycles. The van der Waals surface area contributed by atoms with Gasteiger partial charge in [0, 0.05) is 42.5 Å². The van der Waals surface area contributed by atoms with E-state index in [1.807, 2.05) is 13.8 Å². The Morgan fingerprint density at radius 2 is 2.03 bits per heavy atom. The van der Waals surface area contributed by atoms with E-state index in [-0.39, 0.29) is 11.1 Å². The molecule has 1 aliphatic rings. The molecular weight excluding hydrogens is 396 g/mol. The van der Waals surface area contributed by atoms with Crippen molar-refractivity contribution in [1.29, 1.82) is 0 Å². The van der Waals surface area contributed by atoms with Gasteiger partial charge in [0.1, 0.15) is 6.33 Å². The minimum absolute atomic E-state index is 0.103. The number of carboxylic acids is 1. The number of carbonyl (C=O) groups is 1. The standard InChI is InChI=1S/C13H15N3.C10H13NO4/c1-8-11-3-2-4-12(9-5-10(14)6-9)13(11)16-7-15-8;1-2-15-6-5-11-7-8(10(13)14)3-4-9(11)12/h2-4,7,9-10H,5-6,14H2,1H3;3-4,7H,2,5-6H2,1H3,(H,13,14). The maximum absolute atomic E-state index is 11.3. The molecule has 3 N–H and O–H groups in total. The third-order valence-electron chi connectivity index (χ3n) is 5.42. The lowest BCUT2D eigenvalue weighted by atomic mass is 9.76. The van der Waals surface area contributed by atoms with Crippen LogP contribution in [0.4, 0.5) is 0 Å². The summed E-state index contributed by atoms with van der Waals surface area (Å²) < 4.78 is 6.42. The van der Waals surface area contributed by atoms with E-state index >= 15 is 0 Å². The minimum atomic E-state index is -1.04. The lowest BCUT2D eigenvalue weighted by Crippen LogP contribution is -2.34. The molecule has 0 amide bonds. The summed E-state index contributed by atoms with van der Waals surface area (Å²) in [5.74, 6) is -0.451. The van der Waals surface area contributed by atoms with Gasteiger partial charge < -0.3 is 20.1 Å². The van der Waals surface area contributed by atoms with Gasteiger partial charge in [0.2, 0.25) is 0 Å². The number of hydrogen-bond donors (Lipinski definition) is 2. The van der Waals surface area contributed by atoms with E-state index in [0.29, 0.717) is 31.7 Å². The Labute approximate surface area is 180 Å². The fourth-order valence-corrected chi connectivity index (χ4v) is 3.63. The van der Waals surface area contributed by atoms with E-state index in [0.717, 1.165) is 24.1 Å². The number of hydrogen-bond acceptors (Lipinski definition) is 6. The van der Waals surface area contributed by atoms with Gasteiger partial charge in [0.25, 0.3) is 5.56 Å². The fourth-order valence-electron chi connectivity index (χ4n) is 3.63. The molecule has 2 heterocycles. The smallest absolute Gasteiger partial charge is 0.337 e. The molecule has 0 aliphatic heterocycles. The molecule has 4 rings (SSSR count). The number of benzene rings is 1. The molecular formula is C23H28N4O4. The molecule has 0 radical (unpaired) electrons. The molecule has 0 bridgehead atoms. The van der Waals surface area contributed by atoms with Gasteiger partial charge in [-0.1, -0.05) is 18.2 Å². The van der Waals surface area contributed by atoms with E-state index in [4.69, 9.17) is 15.6 Å². The minimum Gasteiger partial charge on any atom is -0.478 e. The summed E-state index contributed by atoms with van der Waals surface area (Å²) >= 11 is 0. The van der Waals surface area contributed by atoms with E-state index in [1.54, 1.807) is 6.33 Å². The third-order valence-corrected chi connectivity index (χ3v) is 5.42. The zero-order valence-electron chi connectivity index (χ0n) is 17.8. The van der Waals surface area contributed by atoms with Crippen molar-refractivity contribution < 1.29 is 14.6 Å². The number of carboxylic acid groups (broad SMARTS) is 1. The number of rotatable bonds is 6. The van der Waals surface area contributed by atoms with Gasteiger partial charge in [-0.05, 0) is 44.2 Å². The van der Waals surface area contributed by atoms with Crippen molar-refractivity contribution in [2.75, 3.05) is 13.2 Å². The molecule has 1 fully saturated rings. The average molecular weight is 425 g/mol. The summed E-state index contributed by atoms with van der Waals surface area (Å²) in [6.45, 7) is 5.23. The van der Waals surface area contributed by atoms with Crippen LogP contribution in [0.1, 0.15) is 47.3 Å². The number of aryl methyl sites for hydroxylation is 1. The van der Waals surface area contributed by atoms with Crippen molar-refractivity contribution in [3.63, 3.8) is 0 Å². The third kappa shape index (κ3) is 5.53. The van der Waals surface area contributed by atoms with Gasteiger partial charge in [-0.3, -0.25) is 4.79 Å². The second-order valence-corrected chi connectivity index (χ2v) is 7.58. The Bertz CT molecular complexity index is 1110. The Balaban J connectivity index is 0.000000176. The number of fused-ring (bicyclic) bond motifs is 1. The van der Waals surface area contributed by atoms with Crippen molar-refractivity contribution in [2.45, 2.75) is 45.2 Å². The van der Waals surface area contributed by atoms with Crippen molar-refractivity contribution in [3.05, 3.63) is 70.0 Å². The number of aromatic carboxylic acids is 1. The van der Waals surface area contributed by atoms with Crippen molar-refractivity contribution in [2.24, 2.45) is 5.73 Å². The number of ether oxygens (including phenoxy) is 1. The zero-order valence-corrected chi connectivity index (χ0v) is 17.8. The zero-order chi connectivity index (χ0) is 22.4. The van der Waals surface area contributed by atoms with Crippen molar-refractivity contribution in [3.8, 4) is 0 Å². The average Bonchev–Trinajstić information content (AvgIpc) is 2.73. The van der Waals surface area contributed by atoms with Crippen LogP contribution in [-0.4, -0.2) is 44.9 Å². The highest BCUT2D eigenvalue weighted by Gasteiger charge is 2.28. The maximum atomic E-state index is 11.3. The van der Waals surface area contributed by atoms with Crippen molar-refractivity contribution >= 4 is 16.9 Å². The highest BCUT2D eigenvalue weighted by Crippen LogP contribution is 2.38. The Morgan fingerprint density at radius 3 is 2.71 bits per heavy atom. The largest absolute Gasteiger partial charge is 0.478 e. The quantitative estimate of drug-likeness (QED) is 0.584. The molecule has 0 spiro atoms. The summed E-state index contributed by atoms with van der Waals surface area (Å²) in [7, 11) is 0. The first-order valence-electron chi connectivity index (χ1n) is 10.4. The summed E-state index contributed by atoms with van der Waals surface area (Å²) in [5, 5.41) is 9.89. The first-order chi connectivity index (χ1) is 14.9. The highest BCUT2D eigenvalue weighted by molar-refractivity contribution is 5.87. The molecule has 0 saturated heterocycles. The fraction of sp³-hybridized carbons (Fsp3) is 0.391. The predicted molar refractivity (Wildman–Crippen MR) is 118 cm³/mol. The van der Waals surface area contributed by atoms with Gasteiger partial charge in [-0.15, -0.1) is 0 Å². The van der Waals surface area contributed by atoms with Gasteiger partial charge in [-0.2, -0.15) is 0 Å². The molecule has 8 nitrogen and oxygen atoms in total. The van der Waals surface area contributed by atoms with E-state index in [9.17, 15) is 9.59 Å². The van der Waals surface area contributed by atoms with Gasteiger partial charge >= 0.3 is 5.97 Å². The number of pyridine rings is 1. The van der Waals surface area contributed by atoms with E-state index in [2.05, 4.69) is 28.2 Å². The van der Waals surface area contributed by atoms with Gasteiger partial charge in [-0.25, -0.2) is 14.8 Å². The van der Waals surface area contributed by atoms with E-state index < -0.39 is 5.97 Å². The summed E-state index contributed by atoms with van der Waals surface area (Å²) in [5.41, 5.74) is 9.22. The monoisotopic (exact) mass is 424 g/mol. The maximum Gasteiger partial charge on any atom is 0.337 e. The van der Waals surface area contributed by atoms with Crippen LogP contribution in [0.3, 0.4) is 0 Å². The number of aromatic nitrogens is 3. The van der Waals surface area contributed by atoms with Crippen LogP contribution in [0.5, 0.6) is 0 Å². The van der Waals surface area contributed by atoms with Gasteiger partial charge in [0.15, 0.2) is 0 Å². The molecule has 8 heteroatoms. The number of nitrogens with two attached hydrogens (primary N) is 1. The Morgan fingerprint density at radius 1 is 1.26 bits per heavy atom. The molecule has 1 aliphatic carbocycles. The number of nitrogens with zero attached hydrogens (tertiary/aromatic N) is 3. The lowest BCUT2D eigenvalue weighted by molar-refractivity contribution is 0.0695. The van der Waals surface area contributed by atoms with Crippen LogP contribution in [0.15, 0.2) is 47.7 Å². The van der Waals surface area contributed by atoms with Crippen LogP contribution in [-0.2, 0) is 11.3 Å².